The third kappa shape index (κ3) is 16.7. The highest BCUT2D eigenvalue weighted by Crippen LogP contribution is 2.38. The van der Waals surface area contributed by atoms with Crippen LogP contribution in [0.4, 0.5) is 39.5 Å². The summed E-state index contributed by atoms with van der Waals surface area (Å²) in [4.78, 5) is 35.4. The van der Waals surface area contributed by atoms with Crippen molar-refractivity contribution >= 4 is 66.5 Å². The Labute approximate surface area is 557 Å². The van der Waals surface area contributed by atoms with Gasteiger partial charge in [-0.15, -0.1) is 0 Å². The number of hydrogen-bond donors (Lipinski definition) is 2. The van der Waals surface area contributed by atoms with Gasteiger partial charge in [0, 0.05) is 20.6 Å². The Kier molecular flexibility index (Phi) is 21.6. The predicted molar refractivity (Wildman–Crippen MR) is 342 cm³/mol. The molecule has 0 unspecified atom stereocenters. The quantitative estimate of drug-likeness (QED) is 0.0804. The summed E-state index contributed by atoms with van der Waals surface area (Å²) in [5.41, 5.74) is 5.08. The van der Waals surface area contributed by atoms with Gasteiger partial charge >= 0.3 is 30.5 Å². The van der Waals surface area contributed by atoms with Crippen molar-refractivity contribution in [2.75, 3.05) is 13.2 Å². The highest BCUT2D eigenvalue weighted by Gasteiger charge is 2.36. The predicted octanol–water partition coefficient (Wildman–Crippen LogP) is 17.6. The fourth-order valence-electron chi connectivity index (χ4n) is 9.38. The van der Waals surface area contributed by atoms with E-state index in [2.05, 4.69) is 36.3 Å². The maximum atomic E-state index is 13.0. The van der Waals surface area contributed by atoms with Crippen LogP contribution < -0.4 is 19.9 Å². The summed E-state index contributed by atoms with van der Waals surface area (Å²) in [7, 11) is 0. The summed E-state index contributed by atoms with van der Waals surface area (Å²) in [6, 6.07) is 55.5. The molecule has 3 aromatic heterocycles. The van der Waals surface area contributed by atoms with Gasteiger partial charge in [0.15, 0.2) is 17.1 Å². The topological polar surface area (TPSA) is 259 Å². The van der Waals surface area contributed by atoms with Gasteiger partial charge in [0.25, 0.3) is 5.91 Å². The van der Waals surface area contributed by atoms with Gasteiger partial charge in [0.05, 0.1) is 92.7 Å². The average molecular weight is 1410 g/mol. The van der Waals surface area contributed by atoms with Crippen LogP contribution >= 0.6 is 15.9 Å². The van der Waals surface area contributed by atoms with Gasteiger partial charge in [-0.3, -0.25) is 9.89 Å². The average Bonchev–Trinajstić information content (AvgIpc) is 1.69. The lowest BCUT2D eigenvalue weighted by Crippen LogP contribution is -2.12. The van der Waals surface area contributed by atoms with E-state index < -0.39 is 63.8 Å². The number of esters is 2. The standard InChI is InChI=1S/C24H16F3N3O3.C22H13F3N4O2.C14H7BrF3NO.C10H10N2O2/c1-2-32-23(31)22-19-5-3-4-6-21(19)30(29-22)16-7-9-17(10-8-16)33-18-11-12-20(24(25,26)27)15(13-18)14-28;23-22(24,25)18-10-9-16(11-13(18)12-26)31-15-7-5-14(6-8-15)29-19-4-2-1-3-17(19)20(28-29)21(27)30;15-10-1-3-11(4-2-10)20-12-5-6-13(14(16,17)18)9(7-12)8-19;1-2-14-10(13)9-7-5-3-4-6-8(7)11-12-9/h3-13H,2H2,1H3;1-11H,(H2,27,30);1-7H;3-6H,2H2,1H3,(H,11,12). The van der Waals surface area contributed by atoms with Crippen LogP contribution in [0, 0.1) is 34.0 Å². The summed E-state index contributed by atoms with van der Waals surface area (Å²) in [5.74, 6) is -0.0186. The molecule has 0 saturated carbocycles. The third-order valence-electron chi connectivity index (χ3n) is 13.7. The maximum Gasteiger partial charge on any atom is 0.417 e. The highest BCUT2D eigenvalue weighted by molar-refractivity contribution is 9.10. The Morgan fingerprint density at radius 2 is 0.796 bits per heavy atom. The summed E-state index contributed by atoms with van der Waals surface area (Å²) in [6.45, 7) is 4.07. The van der Waals surface area contributed by atoms with Gasteiger partial charge < -0.3 is 29.4 Å². The molecule has 0 spiro atoms. The Morgan fingerprint density at radius 3 is 1.17 bits per heavy atom. The number of carbonyl (C=O) groups excluding carboxylic acids is 3. The van der Waals surface area contributed by atoms with Gasteiger partial charge in [-0.1, -0.05) is 70.5 Å². The van der Waals surface area contributed by atoms with Crippen LogP contribution in [0.15, 0.2) is 205 Å². The van der Waals surface area contributed by atoms with Crippen LogP contribution in [-0.4, -0.2) is 60.8 Å². The molecule has 3 N–H and O–H groups in total. The number of aromatic nitrogens is 6. The van der Waals surface area contributed by atoms with Crippen molar-refractivity contribution in [2.45, 2.75) is 32.4 Å². The maximum absolute atomic E-state index is 13.0. The Balaban J connectivity index is 0.000000160. The van der Waals surface area contributed by atoms with Gasteiger partial charge in [-0.05, 0) is 159 Å². The summed E-state index contributed by atoms with van der Waals surface area (Å²) < 4.78 is 146. The molecule has 0 radical (unpaired) electrons. The number of nitrogens with zero attached hydrogens (tertiary/aromatic N) is 8. The molecular weight excluding hydrogens is 1360 g/mol. The number of halogens is 10. The van der Waals surface area contributed by atoms with E-state index in [1.807, 2.05) is 36.4 Å². The zero-order chi connectivity index (χ0) is 70.5. The molecule has 0 bridgehead atoms. The molecular formula is C70H46BrF9N10O8. The van der Waals surface area contributed by atoms with Crippen molar-refractivity contribution in [3.63, 3.8) is 0 Å². The number of para-hydroxylation sites is 3. The van der Waals surface area contributed by atoms with Crippen LogP contribution in [0.5, 0.6) is 34.5 Å². The number of ether oxygens (including phenoxy) is 5. The molecule has 28 heteroatoms. The van der Waals surface area contributed by atoms with Crippen molar-refractivity contribution in [1.29, 1.82) is 15.8 Å². The molecule has 0 fully saturated rings. The number of fused-ring (bicyclic) bond motifs is 3. The number of nitrogens with one attached hydrogen (secondary N) is 1. The Morgan fingerprint density at radius 1 is 0.459 bits per heavy atom. The molecule has 494 valence electrons. The van der Waals surface area contributed by atoms with Crippen molar-refractivity contribution in [1.82, 2.24) is 29.8 Å². The van der Waals surface area contributed by atoms with Crippen LogP contribution in [0.2, 0.25) is 0 Å². The molecule has 0 aliphatic heterocycles. The van der Waals surface area contributed by atoms with E-state index in [1.165, 1.54) is 18.2 Å². The second-order valence-electron chi connectivity index (χ2n) is 20.2. The number of H-pyrrole nitrogens is 1. The van der Waals surface area contributed by atoms with Crippen LogP contribution in [0.1, 0.15) is 78.7 Å². The molecule has 1 amide bonds. The SMILES string of the molecule is CCOC(=O)c1n[nH]c2ccccc12.CCOC(=O)c1nn(-c2ccc(Oc3ccc(C(F)(F)F)c(C#N)c3)cc2)c2ccccc12.N#Cc1cc(Oc2ccc(-n3nc(C(N)=O)c4ccccc43)cc2)ccc1C(F)(F)F.N#Cc1cc(Oc2ccc(Br)cc2)ccc1C(F)(F)F. The fraction of sp³-hybridized carbons (Fsp3) is 0.100. The fourth-order valence-corrected chi connectivity index (χ4v) is 9.64. The number of primary amides is 1. The molecule has 3 heterocycles. The minimum absolute atomic E-state index is 0.0952. The zero-order valence-electron chi connectivity index (χ0n) is 50.7. The van der Waals surface area contributed by atoms with E-state index in [4.69, 9.17) is 45.2 Å². The summed E-state index contributed by atoms with van der Waals surface area (Å²) in [6.07, 6.45) is -13.8. The smallest absolute Gasteiger partial charge is 0.417 e. The molecule has 98 heavy (non-hydrogen) atoms. The van der Waals surface area contributed by atoms with E-state index in [0.717, 1.165) is 63.9 Å². The first kappa shape index (κ1) is 69.9. The lowest BCUT2D eigenvalue weighted by molar-refractivity contribution is -0.138. The van der Waals surface area contributed by atoms with Crippen molar-refractivity contribution in [3.05, 3.63) is 255 Å². The lowest BCUT2D eigenvalue weighted by atomic mass is 10.1. The minimum Gasteiger partial charge on any atom is -0.461 e. The summed E-state index contributed by atoms with van der Waals surface area (Å²) in [5, 5.41) is 44.3. The number of amides is 1. The molecule has 12 rings (SSSR count). The van der Waals surface area contributed by atoms with Crippen molar-refractivity contribution in [3.8, 4) is 64.1 Å². The highest BCUT2D eigenvalue weighted by atomic mass is 79.9. The number of rotatable bonds is 13. The van der Waals surface area contributed by atoms with Crippen LogP contribution in [0.25, 0.3) is 44.1 Å². The molecule has 0 atom stereocenters. The third-order valence-corrected chi connectivity index (χ3v) is 14.3. The van der Waals surface area contributed by atoms with Crippen molar-refractivity contribution in [2.24, 2.45) is 5.73 Å². The molecule has 0 aliphatic carbocycles. The molecule has 18 nitrogen and oxygen atoms in total. The van der Waals surface area contributed by atoms with Crippen LogP contribution in [-0.2, 0) is 28.0 Å². The second-order valence-corrected chi connectivity index (χ2v) is 21.1. The van der Waals surface area contributed by atoms with Gasteiger partial charge in [0.1, 0.15) is 34.5 Å². The normalized spacial score (nSPS) is 11.1. The van der Waals surface area contributed by atoms with E-state index in [9.17, 15) is 53.9 Å². The summed E-state index contributed by atoms with van der Waals surface area (Å²) >= 11 is 3.26. The van der Waals surface area contributed by atoms with Gasteiger partial charge in [0.2, 0.25) is 0 Å². The first-order valence-electron chi connectivity index (χ1n) is 28.7. The monoisotopic (exact) mass is 1400 g/mol. The molecule has 0 aliphatic rings. The van der Waals surface area contributed by atoms with Gasteiger partial charge in [-0.2, -0.15) is 70.6 Å². The van der Waals surface area contributed by atoms with Crippen LogP contribution in [0.3, 0.4) is 0 Å². The number of aromatic amines is 1. The number of nitriles is 3. The largest absolute Gasteiger partial charge is 0.461 e. The van der Waals surface area contributed by atoms with E-state index in [-0.39, 0.29) is 41.2 Å². The van der Waals surface area contributed by atoms with Crippen molar-refractivity contribution < 1.29 is 77.6 Å². The van der Waals surface area contributed by atoms with E-state index >= 15 is 0 Å². The number of alkyl halides is 9. The molecule has 9 aromatic carbocycles. The van der Waals surface area contributed by atoms with E-state index in [0.29, 0.717) is 62.7 Å². The van der Waals surface area contributed by atoms with E-state index in [1.54, 1.807) is 138 Å². The number of hydrogen-bond acceptors (Lipinski definition) is 14. The van der Waals surface area contributed by atoms with Gasteiger partial charge in [-0.25, -0.2) is 19.0 Å². The number of carbonyl (C=O) groups is 3. The minimum atomic E-state index is -4.62. The Hall–Kier alpha value is -12.5. The first-order chi connectivity index (χ1) is 46.8. The molecule has 12 aromatic rings. The zero-order valence-corrected chi connectivity index (χ0v) is 52.3. The molecule has 0 saturated heterocycles. The Bertz CT molecular complexity index is 5030. The number of nitrogens with two attached hydrogens (primary N) is 1. The number of benzene rings is 9. The first-order valence-corrected chi connectivity index (χ1v) is 29.5. The second kappa shape index (κ2) is 30.3. The lowest BCUT2D eigenvalue weighted by Gasteiger charge is -2.11.